The van der Waals surface area contributed by atoms with Gasteiger partial charge in [0.05, 0.1) is 6.35 Å². The summed E-state index contributed by atoms with van der Waals surface area (Å²) < 4.78 is 4.95. The Kier molecular flexibility index (Phi) is 9.31. The molecule has 0 rings (SSSR count). The highest BCUT2D eigenvalue weighted by Gasteiger charge is 1.96. The highest BCUT2D eigenvalue weighted by Crippen LogP contribution is 2.13. The second-order valence-corrected chi connectivity index (χ2v) is 3.71. The minimum atomic E-state index is 0.895. The highest BCUT2D eigenvalue weighted by molar-refractivity contribution is 7.37. The number of methoxy groups -OCH3 is 1. The third-order valence-corrected chi connectivity index (χ3v) is 3.29. The maximum Gasteiger partial charge on any atom is 0.0639 e. The summed E-state index contributed by atoms with van der Waals surface area (Å²) in [7, 11) is 8.10. The van der Waals surface area contributed by atoms with Gasteiger partial charge in [0, 0.05) is 26.0 Å². The van der Waals surface area contributed by atoms with Crippen molar-refractivity contribution in [3.63, 3.8) is 0 Å². The van der Waals surface area contributed by atoms with Crippen LogP contribution in [0.5, 0.6) is 0 Å². The van der Waals surface area contributed by atoms with E-state index >= 15 is 0 Å². The van der Waals surface area contributed by atoms with Gasteiger partial charge in [0.1, 0.15) is 0 Å². The molecule has 0 saturated heterocycles. The monoisotopic (exact) mass is 199 g/mol. The molecule has 0 saturated carbocycles. The van der Waals surface area contributed by atoms with E-state index in [2.05, 4.69) is 23.4 Å². The summed E-state index contributed by atoms with van der Waals surface area (Å²) in [4.78, 5) is 2.34. The van der Waals surface area contributed by atoms with Crippen molar-refractivity contribution in [2.24, 2.45) is 0 Å². The molecule has 0 heterocycles. The first-order valence-corrected chi connectivity index (χ1v) is 6.22. The van der Waals surface area contributed by atoms with Crippen LogP contribution in [-0.2, 0) is 4.74 Å². The van der Waals surface area contributed by atoms with E-state index in [0.717, 1.165) is 33.8 Å². The smallest absolute Gasteiger partial charge is 0.0639 e. The summed E-state index contributed by atoms with van der Waals surface area (Å²) in [5.74, 6) is 0. The minimum Gasteiger partial charge on any atom is -0.380 e. The third kappa shape index (κ3) is 5.96. The molecule has 3 unspecified atom stereocenters. The number of nitrogens with zero attached hydrogens (tertiary/aromatic N) is 1. The molecule has 0 spiro atoms. The van der Waals surface area contributed by atoms with Crippen LogP contribution in [-0.4, -0.2) is 37.2 Å². The Labute approximate surface area is 69.6 Å². The third-order valence-electron chi connectivity index (χ3n) is 1.10. The Morgan fingerprint density at radius 1 is 1.40 bits per heavy atom. The van der Waals surface area contributed by atoms with Crippen molar-refractivity contribution in [2.45, 2.75) is 0 Å². The molecular weight excluding hydrogens is 183 g/mol. The first-order valence-electron chi connectivity index (χ1n) is 3.17. The van der Waals surface area contributed by atoms with Crippen LogP contribution >= 0.6 is 27.1 Å². The number of hydrogen-bond acceptors (Lipinski definition) is 2. The van der Waals surface area contributed by atoms with E-state index in [0.29, 0.717) is 0 Å². The summed E-state index contributed by atoms with van der Waals surface area (Å²) in [6.45, 7) is 0. The van der Waals surface area contributed by atoms with Crippen molar-refractivity contribution >= 4 is 27.1 Å². The van der Waals surface area contributed by atoms with Gasteiger partial charge in [-0.3, -0.25) is 4.90 Å². The Balaban J connectivity index is 3.09. The van der Waals surface area contributed by atoms with Crippen molar-refractivity contribution in [3.8, 4) is 0 Å². The number of rotatable bonds is 6. The van der Waals surface area contributed by atoms with Crippen LogP contribution in [0, 0.1) is 0 Å². The lowest BCUT2D eigenvalue weighted by molar-refractivity contribution is 0.255. The number of ether oxygens (including phenoxy) is 1. The van der Waals surface area contributed by atoms with E-state index in [4.69, 9.17) is 4.74 Å². The Hall–Kier alpha value is 1.21. The van der Waals surface area contributed by atoms with Crippen LogP contribution in [0.1, 0.15) is 0 Å². The van der Waals surface area contributed by atoms with Crippen LogP contribution in [0.3, 0.4) is 0 Å². The molecule has 3 atom stereocenters. The molecule has 0 aliphatic rings. The summed E-state index contributed by atoms with van der Waals surface area (Å²) in [5.41, 5.74) is 0. The minimum absolute atomic E-state index is 0.895. The summed E-state index contributed by atoms with van der Waals surface area (Å²) in [6.07, 6.45) is 4.16. The molecule has 0 aromatic heterocycles. The Morgan fingerprint density at radius 2 is 2.00 bits per heavy atom. The van der Waals surface area contributed by atoms with Gasteiger partial charge in [-0.1, -0.05) is 8.58 Å². The van der Waals surface area contributed by atoms with Crippen molar-refractivity contribution in [1.29, 1.82) is 0 Å². The first-order chi connectivity index (χ1) is 4.85. The normalized spacial score (nSPS) is 12.0. The van der Waals surface area contributed by atoms with Crippen LogP contribution in [0.2, 0.25) is 0 Å². The zero-order valence-corrected chi connectivity index (χ0v) is 9.65. The van der Waals surface area contributed by atoms with Gasteiger partial charge in [-0.2, -0.15) is 0 Å². The van der Waals surface area contributed by atoms with Crippen LogP contribution in [0.25, 0.3) is 0 Å². The molecular formula is C5H16NOP3. The largest absolute Gasteiger partial charge is 0.380 e. The van der Waals surface area contributed by atoms with Crippen molar-refractivity contribution in [3.05, 3.63) is 0 Å². The molecule has 10 heavy (non-hydrogen) atoms. The molecule has 0 aromatic carbocycles. The molecule has 2 nitrogen and oxygen atoms in total. The molecule has 0 bridgehead atoms. The second-order valence-electron chi connectivity index (χ2n) is 1.88. The average molecular weight is 199 g/mol. The molecule has 62 valence electrons. The van der Waals surface area contributed by atoms with Crippen LogP contribution in [0.15, 0.2) is 0 Å². The van der Waals surface area contributed by atoms with E-state index in [9.17, 15) is 0 Å². The SMILES string of the molecule is COCPCN(CP)CP. The van der Waals surface area contributed by atoms with Crippen LogP contribution < -0.4 is 0 Å². The zero-order chi connectivity index (χ0) is 7.82. The van der Waals surface area contributed by atoms with E-state index in [-0.39, 0.29) is 0 Å². The molecule has 0 amide bonds. The zero-order valence-electron chi connectivity index (χ0n) is 6.34. The average Bonchev–Trinajstić information content (AvgIpc) is 1.99. The maximum absolute atomic E-state index is 4.95. The fourth-order valence-corrected chi connectivity index (χ4v) is 2.75. The number of hydrogen-bond donors (Lipinski definition) is 0. The summed E-state index contributed by atoms with van der Waals surface area (Å²) in [5, 5.41) is 0. The van der Waals surface area contributed by atoms with Crippen molar-refractivity contribution in [1.82, 2.24) is 4.90 Å². The van der Waals surface area contributed by atoms with Gasteiger partial charge in [0.25, 0.3) is 0 Å². The predicted octanol–water partition coefficient (Wildman–Crippen LogP) is 1.19. The Morgan fingerprint density at radius 3 is 2.40 bits per heavy atom. The van der Waals surface area contributed by atoms with E-state index < -0.39 is 0 Å². The highest BCUT2D eigenvalue weighted by atomic mass is 31.1. The molecule has 0 aliphatic heterocycles. The molecule has 0 radical (unpaired) electrons. The summed E-state index contributed by atoms with van der Waals surface area (Å²) in [6, 6.07) is 0. The first kappa shape index (κ1) is 11.2. The van der Waals surface area contributed by atoms with Crippen LogP contribution in [0.4, 0.5) is 0 Å². The molecule has 0 N–H and O–H groups in total. The van der Waals surface area contributed by atoms with Gasteiger partial charge in [0.2, 0.25) is 0 Å². The molecule has 5 heteroatoms. The molecule has 0 aromatic rings. The quantitative estimate of drug-likeness (QED) is 0.470. The standard InChI is InChI=1S/C5H16NOP3/c1-7-5-10-4-6(2-8)3-9/h10H,2-5,8-9H2,1H3. The van der Waals surface area contributed by atoms with E-state index in [1.807, 2.05) is 0 Å². The Bertz CT molecular complexity index is 69.9. The van der Waals surface area contributed by atoms with Gasteiger partial charge in [0.15, 0.2) is 0 Å². The van der Waals surface area contributed by atoms with Gasteiger partial charge in [-0.05, 0) is 0 Å². The predicted molar refractivity (Wildman–Crippen MR) is 56.1 cm³/mol. The summed E-state index contributed by atoms with van der Waals surface area (Å²) >= 11 is 0. The fraction of sp³-hybridized carbons (Fsp3) is 1.00. The topological polar surface area (TPSA) is 12.5 Å². The maximum atomic E-state index is 4.95. The lowest BCUT2D eigenvalue weighted by Gasteiger charge is -2.16. The van der Waals surface area contributed by atoms with Gasteiger partial charge in [-0.25, -0.2) is 0 Å². The van der Waals surface area contributed by atoms with Gasteiger partial charge < -0.3 is 4.74 Å². The van der Waals surface area contributed by atoms with E-state index in [1.165, 1.54) is 0 Å². The van der Waals surface area contributed by atoms with Gasteiger partial charge in [-0.15, -0.1) is 18.5 Å². The van der Waals surface area contributed by atoms with Gasteiger partial charge >= 0.3 is 0 Å². The second kappa shape index (κ2) is 8.31. The lowest BCUT2D eigenvalue weighted by atomic mass is 11.0. The van der Waals surface area contributed by atoms with Crippen molar-refractivity contribution in [2.75, 3.05) is 32.3 Å². The molecule has 0 aliphatic carbocycles. The van der Waals surface area contributed by atoms with E-state index in [1.54, 1.807) is 7.11 Å². The lowest BCUT2D eigenvalue weighted by Crippen LogP contribution is -2.18. The van der Waals surface area contributed by atoms with Crippen molar-refractivity contribution < 1.29 is 4.74 Å². The molecule has 0 fully saturated rings. The fourth-order valence-electron chi connectivity index (χ4n) is 0.509.